The Bertz CT molecular complexity index is 820. The fourth-order valence-electron chi connectivity index (χ4n) is 2.07. The zero-order valence-corrected chi connectivity index (χ0v) is 13.0. The second kappa shape index (κ2) is 6.99. The highest BCUT2D eigenvalue weighted by Gasteiger charge is 2.03. The number of hydrogen-bond acceptors (Lipinski definition) is 2. The van der Waals surface area contributed by atoms with Crippen molar-refractivity contribution in [1.82, 2.24) is 0 Å². The van der Waals surface area contributed by atoms with E-state index in [1.54, 1.807) is 6.08 Å². The Morgan fingerprint density at radius 2 is 1.70 bits per heavy atom. The molecule has 0 bridgehead atoms. The van der Waals surface area contributed by atoms with Crippen LogP contribution in [0.25, 0.3) is 17.4 Å². The lowest BCUT2D eigenvalue weighted by molar-refractivity contribution is -0.111. The SMILES string of the molecule is O=C(/C=C/c1ccc(-c2ccc(Cl)cc2)o1)Nc1ccccc1. The largest absolute Gasteiger partial charge is 0.457 e. The van der Waals surface area contributed by atoms with Crippen molar-refractivity contribution < 1.29 is 9.21 Å². The molecule has 0 saturated carbocycles. The number of nitrogens with one attached hydrogen (secondary N) is 1. The van der Waals surface area contributed by atoms with Crippen LogP contribution < -0.4 is 5.32 Å². The van der Waals surface area contributed by atoms with Crippen molar-refractivity contribution in [3.05, 3.63) is 83.6 Å². The molecule has 1 amide bonds. The summed E-state index contributed by atoms with van der Waals surface area (Å²) in [4.78, 5) is 11.8. The predicted octanol–water partition coefficient (Wildman–Crippen LogP) is 5.25. The molecule has 4 heteroatoms. The van der Waals surface area contributed by atoms with Crippen molar-refractivity contribution in [2.24, 2.45) is 0 Å². The van der Waals surface area contributed by atoms with Crippen molar-refractivity contribution >= 4 is 29.3 Å². The molecule has 0 saturated heterocycles. The number of anilines is 1. The van der Waals surface area contributed by atoms with E-state index in [1.165, 1.54) is 6.08 Å². The lowest BCUT2D eigenvalue weighted by Crippen LogP contribution is -2.07. The molecule has 3 rings (SSSR count). The summed E-state index contributed by atoms with van der Waals surface area (Å²) < 4.78 is 5.70. The first-order valence-corrected chi connectivity index (χ1v) is 7.48. The highest BCUT2D eigenvalue weighted by molar-refractivity contribution is 6.30. The van der Waals surface area contributed by atoms with Gasteiger partial charge < -0.3 is 9.73 Å². The number of carbonyl (C=O) groups is 1. The fraction of sp³-hybridized carbons (Fsp3) is 0. The molecule has 0 atom stereocenters. The minimum absolute atomic E-state index is 0.208. The number of benzene rings is 2. The van der Waals surface area contributed by atoms with E-state index in [4.69, 9.17) is 16.0 Å². The normalized spacial score (nSPS) is 10.8. The molecule has 2 aromatic carbocycles. The van der Waals surface area contributed by atoms with Crippen LogP contribution in [0.2, 0.25) is 5.02 Å². The first kappa shape index (κ1) is 15.1. The van der Waals surface area contributed by atoms with E-state index in [-0.39, 0.29) is 5.91 Å². The zero-order valence-electron chi connectivity index (χ0n) is 12.2. The van der Waals surface area contributed by atoms with Crippen LogP contribution in [-0.2, 0) is 4.79 Å². The van der Waals surface area contributed by atoms with Gasteiger partial charge in [-0.25, -0.2) is 0 Å². The van der Waals surface area contributed by atoms with Crippen LogP contribution in [0.15, 0.2) is 77.2 Å². The average Bonchev–Trinajstić information content (AvgIpc) is 3.04. The van der Waals surface area contributed by atoms with Gasteiger partial charge in [-0.1, -0.05) is 29.8 Å². The number of halogens is 1. The molecule has 0 aliphatic rings. The van der Waals surface area contributed by atoms with Crippen LogP contribution in [0.3, 0.4) is 0 Å². The van der Waals surface area contributed by atoms with Crippen molar-refractivity contribution in [3.8, 4) is 11.3 Å². The molecular formula is C19H14ClNO2. The maximum Gasteiger partial charge on any atom is 0.248 e. The van der Waals surface area contributed by atoms with Gasteiger partial charge in [0.05, 0.1) is 0 Å². The molecule has 3 nitrogen and oxygen atoms in total. The van der Waals surface area contributed by atoms with Crippen molar-refractivity contribution in [2.75, 3.05) is 5.32 Å². The van der Waals surface area contributed by atoms with E-state index in [1.807, 2.05) is 66.7 Å². The third-order valence-corrected chi connectivity index (χ3v) is 3.45. The predicted molar refractivity (Wildman–Crippen MR) is 93.3 cm³/mol. The molecule has 114 valence electrons. The van der Waals surface area contributed by atoms with E-state index in [9.17, 15) is 4.79 Å². The number of hydrogen-bond donors (Lipinski definition) is 1. The van der Waals surface area contributed by atoms with Crippen LogP contribution in [0.5, 0.6) is 0 Å². The van der Waals surface area contributed by atoms with Gasteiger partial charge in [0.25, 0.3) is 0 Å². The van der Waals surface area contributed by atoms with Crippen LogP contribution in [0, 0.1) is 0 Å². The maximum absolute atomic E-state index is 11.8. The lowest BCUT2D eigenvalue weighted by Gasteiger charge is -2.00. The molecule has 0 radical (unpaired) electrons. The Morgan fingerprint density at radius 3 is 2.43 bits per heavy atom. The number of carbonyl (C=O) groups excluding carboxylic acids is 1. The van der Waals surface area contributed by atoms with Gasteiger partial charge in [0.2, 0.25) is 5.91 Å². The van der Waals surface area contributed by atoms with Crippen LogP contribution in [0.1, 0.15) is 5.76 Å². The summed E-state index contributed by atoms with van der Waals surface area (Å²) in [6.07, 6.45) is 3.08. The maximum atomic E-state index is 11.8. The minimum atomic E-state index is -0.208. The van der Waals surface area contributed by atoms with Crippen molar-refractivity contribution in [1.29, 1.82) is 0 Å². The Hall–Kier alpha value is -2.78. The van der Waals surface area contributed by atoms with Crippen molar-refractivity contribution in [3.63, 3.8) is 0 Å². The Labute approximate surface area is 139 Å². The van der Waals surface area contributed by atoms with E-state index in [0.29, 0.717) is 10.8 Å². The molecule has 1 aromatic heterocycles. The molecule has 0 spiro atoms. The van der Waals surface area contributed by atoms with Gasteiger partial charge in [-0.3, -0.25) is 4.79 Å². The number of rotatable bonds is 4. The van der Waals surface area contributed by atoms with Crippen molar-refractivity contribution in [2.45, 2.75) is 0 Å². The number of amides is 1. The summed E-state index contributed by atoms with van der Waals surface area (Å²) in [5.41, 5.74) is 1.69. The topological polar surface area (TPSA) is 42.2 Å². The first-order chi connectivity index (χ1) is 11.2. The lowest BCUT2D eigenvalue weighted by atomic mass is 10.2. The first-order valence-electron chi connectivity index (χ1n) is 7.10. The highest BCUT2D eigenvalue weighted by Crippen LogP contribution is 2.24. The number of para-hydroxylation sites is 1. The molecule has 0 fully saturated rings. The summed E-state index contributed by atoms with van der Waals surface area (Å²) in [5, 5.41) is 3.45. The molecule has 0 unspecified atom stereocenters. The van der Waals surface area contributed by atoms with E-state index >= 15 is 0 Å². The standard InChI is InChI=1S/C19H14ClNO2/c20-15-8-6-14(7-9-15)18-12-10-17(23-18)11-13-19(22)21-16-4-2-1-3-5-16/h1-13H,(H,21,22)/b13-11+. The minimum Gasteiger partial charge on any atom is -0.457 e. The van der Waals surface area contributed by atoms with Crippen LogP contribution >= 0.6 is 11.6 Å². The van der Waals surface area contributed by atoms with Crippen LogP contribution in [-0.4, -0.2) is 5.91 Å². The Balaban J connectivity index is 1.66. The van der Waals surface area contributed by atoms with Gasteiger partial charge >= 0.3 is 0 Å². The van der Waals surface area contributed by atoms with Gasteiger partial charge in [-0.15, -0.1) is 0 Å². The second-order valence-corrected chi connectivity index (χ2v) is 5.33. The summed E-state index contributed by atoms with van der Waals surface area (Å²) in [6, 6.07) is 20.3. The smallest absolute Gasteiger partial charge is 0.248 e. The van der Waals surface area contributed by atoms with E-state index < -0.39 is 0 Å². The Morgan fingerprint density at radius 1 is 0.957 bits per heavy atom. The quantitative estimate of drug-likeness (QED) is 0.666. The van der Waals surface area contributed by atoms with E-state index in [2.05, 4.69) is 5.32 Å². The molecule has 23 heavy (non-hydrogen) atoms. The van der Waals surface area contributed by atoms with E-state index in [0.717, 1.165) is 17.0 Å². The molecule has 0 aliphatic carbocycles. The number of furan rings is 1. The summed E-state index contributed by atoms with van der Waals surface area (Å²) in [6.45, 7) is 0. The second-order valence-electron chi connectivity index (χ2n) is 4.90. The van der Waals surface area contributed by atoms with Crippen LogP contribution in [0.4, 0.5) is 5.69 Å². The van der Waals surface area contributed by atoms with Gasteiger partial charge in [0, 0.05) is 22.3 Å². The molecule has 1 N–H and O–H groups in total. The molecule has 3 aromatic rings. The van der Waals surface area contributed by atoms with Gasteiger partial charge in [-0.05, 0) is 54.6 Å². The summed E-state index contributed by atoms with van der Waals surface area (Å²) >= 11 is 5.87. The highest BCUT2D eigenvalue weighted by atomic mass is 35.5. The van der Waals surface area contributed by atoms with Gasteiger partial charge in [0.15, 0.2) is 0 Å². The third-order valence-electron chi connectivity index (χ3n) is 3.20. The summed E-state index contributed by atoms with van der Waals surface area (Å²) in [5.74, 6) is 1.13. The fourth-order valence-corrected chi connectivity index (χ4v) is 2.20. The average molecular weight is 324 g/mol. The zero-order chi connectivity index (χ0) is 16.1. The summed E-state index contributed by atoms with van der Waals surface area (Å²) in [7, 11) is 0. The molecule has 1 heterocycles. The molecular weight excluding hydrogens is 310 g/mol. The molecule has 0 aliphatic heterocycles. The Kier molecular flexibility index (Phi) is 4.60. The van der Waals surface area contributed by atoms with Gasteiger partial charge in [-0.2, -0.15) is 0 Å². The third kappa shape index (κ3) is 4.11. The monoisotopic (exact) mass is 323 g/mol. The van der Waals surface area contributed by atoms with Gasteiger partial charge in [0.1, 0.15) is 11.5 Å².